The number of rotatable bonds is 10. The number of aromatic nitrogens is 1. The average Bonchev–Trinajstić information content (AvgIpc) is 3.82. The van der Waals surface area contributed by atoms with Gasteiger partial charge in [0.2, 0.25) is 11.8 Å². The molecule has 206 valence electrons. The van der Waals surface area contributed by atoms with Gasteiger partial charge in [-0.3, -0.25) is 14.9 Å². The predicted molar refractivity (Wildman–Crippen MR) is 144 cm³/mol. The Morgan fingerprint density at radius 1 is 1.13 bits per heavy atom. The lowest BCUT2D eigenvalue weighted by Gasteiger charge is -2.15. The van der Waals surface area contributed by atoms with Crippen LogP contribution in [-0.4, -0.2) is 56.8 Å². The van der Waals surface area contributed by atoms with E-state index < -0.39 is 32.9 Å². The average molecular weight is 575 g/mol. The topological polar surface area (TPSA) is 144 Å². The maximum absolute atomic E-state index is 15.1. The number of ether oxygens (including phenoxy) is 1. The van der Waals surface area contributed by atoms with E-state index in [0.29, 0.717) is 16.0 Å². The van der Waals surface area contributed by atoms with Crippen LogP contribution >= 0.6 is 11.3 Å². The normalized spacial score (nSPS) is 15.9. The van der Waals surface area contributed by atoms with E-state index in [1.165, 1.54) is 13.2 Å². The third-order valence-electron chi connectivity index (χ3n) is 6.47. The Kier molecular flexibility index (Phi) is 7.54. The predicted octanol–water partition coefficient (Wildman–Crippen LogP) is 3.54. The van der Waals surface area contributed by atoms with E-state index in [4.69, 9.17) is 0 Å². The number of hydrogen-bond acceptors (Lipinski definition) is 8. The molecule has 3 N–H and O–H groups in total. The number of fused-ring (bicyclic) bond motifs is 1. The summed E-state index contributed by atoms with van der Waals surface area (Å²) in [4.78, 5) is 41.0. The molecule has 13 heteroatoms. The Morgan fingerprint density at radius 3 is 2.49 bits per heavy atom. The summed E-state index contributed by atoms with van der Waals surface area (Å²) in [6.07, 6.45) is 2.69. The highest BCUT2D eigenvalue weighted by atomic mass is 32.2. The third kappa shape index (κ3) is 6.53. The van der Waals surface area contributed by atoms with E-state index in [9.17, 15) is 22.8 Å². The van der Waals surface area contributed by atoms with Gasteiger partial charge in [-0.15, -0.1) is 11.3 Å². The molecule has 1 atom stereocenters. The van der Waals surface area contributed by atoms with Gasteiger partial charge < -0.3 is 15.4 Å². The number of amides is 3. The zero-order chi connectivity index (χ0) is 27.7. The van der Waals surface area contributed by atoms with Crippen molar-refractivity contribution in [2.24, 2.45) is 5.92 Å². The van der Waals surface area contributed by atoms with Crippen molar-refractivity contribution in [1.82, 2.24) is 15.6 Å². The molecule has 3 amide bonds. The van der Waals surface area contributed by atoms with Crippen molar-refractivity contribution < 1.29 is 31.9 Å². The van der Waals surface area contributed by atoms with Crippen LogP contribution in [0.3, 0.4) is 0 Å². The van der Waals surface area contributed by atoms with Crippen molar-refractivity contribution in [3.8, 4) is 11.1 Å². The molecule has 0 radical (unpaired) electrons. The number of nitrogens with zero attached hydrogens (tertiary/aromatic N) is 1. The van der Waals surface area contributed by atoms with Crippen LogP contribution in [0.1, 0.15) is 35.9 Å². The molecule has 2 fully saturated rings. The molecule has 0 aliphatic heterocycles. The van der Waals surface area contributed by atoms with Crippen LogP contribution in [0.15, 0.2) is 36.4 Å². The van der Waals surface area contributed by atoms with Crippen LogP contribution in [-0.2, 0) is 24.2 Å². The van der Waals surface area contributed by atoms with E-state index in [1.54, 1.807) is 30.3 Å². The van der Waals surface area contributed by atoms with Crippen LogP contribution in [0.2, 0.25) is 0 Å². The molecule has 0 bridgehead atoms. The summed E-state index contributed by atoms with van der Waals surface area (Å²) in [5, 5.41) is 6.15. The molecule has 2 saturated carbocycles. The molecule has 39 heavy (non-hydrogen) atoms. The van der Waals surface area contributed by atoms with E-state index in [-0.39, 0.29) is 46.3 Å². The van der Waals surface area contributed by atoms with Gasteiger partial charge in [0.1, 0.15) is 10.8 Å². The van der Waals surface area contributed by atoms with E-state index in [2.05, 4.69) is 25.7 Å². The number of carbonyl (C=O) groups excluding carboxylic acids is 3. The van der Waals surface area contributed by atoms with Crippen molar-refractivity contribution >= 4 is 55.0 Å². The first-order valence-electron chi connectivity index (χ1n) is 12.5. The smallest absolute Gasteiger partial charge is 0.411 e. The summed E-state index contributed by atoms with van der Waals surface area (Å²) >= 11 is 1.00. The summed E-state index contributed by atoms with van der Waals surface area (Å²) < 4.78 is 46.8. The first kappa shape index (κ1) is 27.0. The molecule has 2 aliphatic carbocycles. The van der Waals surface area contributed by atoms with E-state index in [1.807, 2.05) is 0 Å². The van der Waals surface area contributed by atoms with Crippen molar-refractivity contribution in [1.29, 1.82) is 0 Å². The lowest BCUT2D eigenvalue weighted by molar-refractivity contribution is -0.126. The summed E-state index contributed by atoms with van der Waals surface area (Å²) in [5.74, 6) is -1.94. The maximum Gasteiger partial charge on any atom is 0.411 e. The number of hydrogen-bond donors (Lipinski definition) is 3. The minimum absolute atomic E-state index is 0.00136. The van der Waals surface area contributed by atoms with Gasteiger partial charge >= 0.3 is 6.09 Å². The fourth-order valence-electron chi connectivity index (χ4n) is 4.11. The highest BCUT2D eigenvalue weighted by Crippen LogP contribution is 2.38. The maximum atomic E-state index is 15.1. The SMILES string of the molecule is COC(=O)Nc1ccc(-c2cc3sc(C(C(=O)NCC(=O)NC4CC4)S(=O)(=O)CC4CC4)nc3cc2F)cc1. The Labute approximate surface area is 228 Å². The second kappa shape index (κ2) is 10.9. The number of carbonyl (C=O) groups is 3. The van der Waals surface area contributed by atoms with Crippen LogP contribution in [0.5, 0.6) is 0 Å². The van der Waals surface area contributed by atoms with E-state index in [0.717, 1.165) is 37.0 Å². The molecule has 1 unspecified atom stereocenters. The lowest BCUT2D eigenvalue weighted by atomic mass is 10.0. The molecule has 2 aromatic carbocycles. The van der Waals surface area contributed by atoms with Crippen molar-refractivity contribution in [3.63, 3.8) is 0 Å². The second-order valence-electron chi connectivity index (χ2n) is 9.76. The second-order valence-corrected chi connectivity index (χ2v) is 13.0. The number of halogens is 1. The van der Waals surface area contributed by atoms with Crippen molar-refractivity contribution in [2.45, 2.75) is 37.0 Å². The Bertz CT molecular complexity index is 1530. The molecule has 0 saturated heterocycles. The van der Waals surface area contributed by atoms with E-state index >= 15 is 4.39 Å². The van der Waals surface area contributed by atoms with Gasteiger partial charge in [0, 0.05) is 23.4 Å². The monoisotopic (exact) mass is 574 g/mol. The molecular formula is C26H27FN4O6S2. The van der Waals surface area contributed by atoms with Crippen molar-refractivity contribution in [2.75, 3.05) is 24.7 Å². The number of benzene rings is 2. The minimum atomic E-state index is -3.94. The van der Waals surface area contributed by atoms with Crippen LogP contribution in [0, 0.1) is 11.7 Å². The largest absolute Gasteiger partial charge is 0.453 e. The van der Waals surface area contributed by atoms with Crippen LogP contribution < -0.4 is 16.0 Å². The molecule has 2 aliphatic rings. The van der Waals surface area contributed by atoms with Crippen LogP contribution in [0.4, 0.5) is 14.9 Å². The third-order valence-corrected chi connectivity index (χ3v) is 9.80. The van der Waals surface area contributed by atoms with Gasteiger partial charge in [0.15, 0.2) is 15.1 Å². The summed E-state index contributed by atoms with van der Waals surface area (Å²) in [5.41, 5.74) is 1.47. The lowest BCUT2D eigenvalue weighted by Crippen LogP contribution is -2.41. The molecule has 1 aromatic heterocycles. The molecule has 5 rings (SSSR count). The fraction of sp³-hybridized carbons (Fsp3) is 0.385. The Balaban J connectivity index is 1.42. The van der Waals surface area contributed by atoms with Crippen molar-refractivity contribution in [3.05, 3.63) is 47.2 Å². The zero-order valence-electron chi connectivity index (χ0n) is 21.0. The van der Waals surface area contributed by atoms with Gasteiger partial charge in [0.05, 0.1) is 29.6 Å². The Morgan fingerprint density at radius 2 is 1.85 bits per heavy atom. The summed E-state index contributed by atoms with van der Waals surface area (Å²) in [6.45, 7) is -0.338. The molecule has 10 nitrogen and oxygen atoms in total. The molecular weight excluding hydrogens is 547 g/mol. The number of thiazole rings is 1. The summed E-state index contributed by atoms with van der Waals surface area (Å²) in [7, 11) is -2.70. The Hall–Kier alpha value is -3.58. The molecule has 1 heterocycles. The van der Waals surface area contributed by atoms with Crippen LogP contribution in [0.25, 0.3) is 21.3 Å². The highest BCUT2D eigenvalue weighted by Gasteiger charge is 2.41. The fourth-order valence-corrected chi connectivity index (χ4v) is 7.61. The first-order chi connectivity index (χ1) is 18.6. The highest BCUT2D eigenvalue weighted by molar-refractivity contribution is 7.92. The van der Waals surface area contributed by atoms with Gasteiger partial charge in [-0.05, 0) is 55.4 Å². The molecule has 3 aromatic rings. The first-order valence-corrected chi connectivity index (χ1v) is 15.0. The molecule has 0 spiro atoms. The minimum Gasteiger partial charge on any atom is -0.453 e. The standard InChI is InChI=1S/C26H27FN4O6S2/c1-37-26(34)30-17-6-4-15(5-7-17)18-10-21-20(11-19(18)27)31-25(38-21)23(39(35,36)13-14-2-3-14)24(33)28-12-22(32)29-16-8-9-16/h4-7,10-11,14,16,23H,2-3,8-9,12-13H2,1H3,(H,28,33)(H,29,32)(H,30,34). The number of methoxy groups -OCH3 is 1. The quantitative estimate of drug-likeness (QED) is 0.336. The summed E-state index contributed by atoms with van der Waals surface area (Å²) in [6, 6.07) is 9.31. The zero-order valence-corrected chi connectivity index (χ0v) is 22.7. The number of anilines is 1. The van der Waals surface area contributed by atoms with Gasteiger partial charge in [-0.1, -0.05) is 12.1 Å². The number of nitrogens with one attached hydrogen (secondary N) is 3. The van der Waals surface area contributed by atoms with Gasteiger partial charge in [-0.2, -0.15) is 0 Å². The number of sulfone groups is 1. The van der Waals surface area contributed by atoms with Gasteiger partial charge in [-0.25, -0.2) is 22.6 Å². The van der Waals surface area contributed by atoms with Gasteiger partial charge in [0.25, 0.3) is 0 Å².